The van der Waals surface area contributed by atoms with Crippen LogP contribution in [0.25, 0.3) is 98.0 Å². The van der Waals surface area contributed by atoms with E-state index < -0.39 is 0 Å². The molecule has 0 amide bonds. The molecule has 0 bridgehead atoms. The van der Waals surface area contributed by atoms with Gasteiger partial charge in [-0.15, -0.1) is 11.3 Å². The van der Waals surface area contributed by atoms with Crippen LogP contribution in [0, 0.1) is 0 Å². The maximum atomic E-state index is 5.43. The summed E-state index contributed by atoms with van der Waals surface area (Å²) in [6, 6.07) is 54.9. The average molecular weight is 643 g/mol. The Labute approximate surface area is 286 Å². The highest BCUT2D eigenvalue weighted by molar-refractivity contribution is 7.25. The quantitative estimate of drug-likeness (QED) is 0.179. The van der Waals surface area contributed by atoms with E-state index in [0.717, 1.165) is 49.6 Å². The lowest BCUT2D eigenvalue weighted by molar-refractivity contribution is 1.08. The van der Waals surface area contributed by atoms with Gasteiger partial charge in [-0.05, 0) is 40.4 Å². The highest BCUT2D eigenvalue weighted by atomic mass is 32.1. The molecule has 228 valence electrons. The Kier molecular flexibility index (Phi) is 6.32. The van der Waals surface area contributed by atoms with E-state index in [4.69, 9.17) is 19.9 Å². The molecule has 10 rings (SSSR count). The van der Waals surface area contributed by atoms with Gasteiger partial charge in [-0.3, -0.25) is 0 Å². The minimum absolute atomic E-state index is 0.638. The second kappa shape index (κ2) is 11.2. The van der Waals surface area contributed by atoms with Gasteiger partial charge in [-0.2, -0.15) is 0 Å². The molecule has 7 aromatic carbocycles. The zero-order valence-electron chi connectivity index (χ0n) is 26.2. The molecule has 3 aromatic heterocycles. The summed E-state index contributed by atoms with van der Waals surface area (Å²) in [5.74, 6) is 1.93. The van der Waals surface area contributed by atoms with Crippen molar-refractivity contribution in [2.24, 2.45) is 0 Å². The summed E-state index contributed by atoms with van der Waals surface area (Å²) in [5, 5.41) is 8.19. The maximum Gasteiger partial charge on any atom is 0.164 e. The minimum Gasteiger partial charge on any atom is -0.247 e. The molecule has 0 radical (unpaired) electrons. The zero-order chi connectivity index (χ0) is 32.3. The zero-order valence-corrected chi connectivity index (χ0v) is 27.0. The molecular weight excluding hydrogens is 617 g/mol. The highest BCUT2D eigenvalue weighted by Crippen LogP contribution is 2.42. The molecule has 0 aliphatic carbocycles. The summed E-state index contributed by atoms with van der Waals surface area (Å²) >= 11 is 1.84. The normalized spacial score (nSPS) is 11.7. The second-order valence-corrected chi connectivity index (χ2v) is 13.3. The number of fused-ring (bicyclic) bond motifs is 7. The summed E-state index contributed by atoms with van der Waals surface area (Å²) in [7, 11) is 0. The van der Waals surface area contributed by atoms with Crippen LogP contribution >= 0.6 is 11.3 Å². The van der Waals surface area contributed by atoms with Crippen molar-refractivity contribution in [2.45, 2.75) is 0 Å². The van der Waals surface area contributed by atoms with E-state index in [-0.39, 0.29) is 0 Å². The van der Waals surface area contributed by atoms with Gasteiger partial charge in [-0.1, -0.05) is 133 Å². The van der Waals surface area contributed by atoms with Crippen LogP contribution in [0.4, 0.5) is 0 Å². The standard InChI is InChI=1S/C44H26N4S/c1-3-13-27(14-4-1)42-46-43(28-15-5-2-6-16-28)48-44(47-42)35-24-23-34(29-17-7-8-18-30(29)35)41-33-21-10-9-19-31(33)36-26-40-37(25-38(36)45-41)32-20-11-12-22-39(32)49-40/h1-26H. The smallest absolute Gasteiger partial charge is 0.164 e. The van der Waals surface area contributed by atoms with Crippen LogP contribution in [-0.2, 0) is 0 Å². The summed E-state index contributed by atoms with van der Waals surface area (Å²) < 4.78 is 2.58. The fourth-order valence-electron chi connectivity index (χ4n) is 7.01. The molecule has 0 aliphatic heterocycles. The molecule has 4 nitrogen and oxygen atoms in total. The molecule has 49 heavy (non-hydrogen) atoms. The first-order chi connectivity index (χ1) is 24.3. The first kappa shape index (κ1) is 27.8. The third-order valence-corrected chi connectivity index (χ3v) is 10.5. The predicted molar refractivity (Wildman–Crippen MR) is 205 cm³/mol. The van der Waals surface area contributed by atoms with Crippen LogP contribution in [0.2, 0.25) is 0 Å². The molecule has 0 unspecified atom stereocenters. The lowest BCUT2D eigenvalue weighted by Gasteiger charge is -2.15. The summed E-state index contributed by atoms with van der Waals surface area (Å²) in [4.78, 5) is 20.5. The van der Waals surface area contributed by atoms with Crippen LogP contribution in [0.1, 0.15) is 0 Å². The minimum atomic E-state index is 0.638. The van der Waals surface area contributed by atoms with Crippen LogP contribution < -0.4 is 0 Å². The molecule has 0 saturated heterocycles. The van der Waals surface area contributed by atoms with E-state index in [9.17, 15) is 0 Å². The predicted octanol–water partition coefficient (Wildman–Crippen LogP) is 11.8. The second-order valence-electron chi connectivity index (χ2n) is 12.2. The Morgan fingerprint density at radius 1 is 0.327 bits per heavy atom. The van der Waals surface area contributed by atoms with E-state index in [1.165, 1.54) is 30.9 Å². The van der Waals surface area contributed by atoms with E-state index in [0.29, 0.717) is 17.5 Å². The molecule has 0 saturated carbocycles. The lowest BCUT2D eigenvalue weighted by Crippen LogP contribution is -2.01. The third-order valence-electron chi connectivity index (χ3n) is 9.32. The van der Waals surface area contributed by atoms with Gasteiger partial charge in [0.1, 0.15) is 0 Å². The van der Waals surface area contributed by atoms with Crippen molar-refractivity contribution in [3.63, 3.8) is 0 Å². The molecule has 5 heteroatoms. The van der Waals surface area contributed by atoms with E-state index in [1.807, 2.05) is 72.0 Å². The van der Waals surface area contributed by atoms with Crippen molar-refractivity contribution in [1.29, 1.82) is 0 Å². The molecule has 0 spiro atoms. The molecule has 0 aliphatic rings. The van der Waals surface area contributed by atoms with Crippen LogP contribution in [0.3, 0.4) is 0 Å². The van der Waals surface area contributed by atoms with E-state index >= 15 is 0 Å². The number of nitrogens with zero attached hydrogens (tertiary/aromatic N) is 4. The number of benzene rings is 7. The summed E-state index contributed by atoms with van der Waals surface area (Å²) in [6.45, 7) is 0. The Hall–Kier alpha value is -6.30. The average Bonchev–Trinajstić information content (AvgIpc) is 3.54. The van der Waals surface area contributed by atoms with Crippen molar-refractivity contribution < 1.29 is 0 Å². The van der Waals surface area contributed by atoms with Gasteiger partial charge in [-0.25, -0.2) is 19.9 Å². The molecule has 0 atom stereocenters. The topological polar surface area (TPSA) is 51.6 Å². The highest BCUT2D eigenvalue weighted by Gasteiger charge is 2.19. The number of hydrogen-bond donors (Lipinski definition) is 0. The number of rotatable bonds is 4. The van der Waals surface area contributed by atoms with Crippen molar-refractivity contribution in [1.82, 2.24) is 19.9 Å². The van der Waals surface area contributed by atoms with Gasteiger partial charge in [0, 0.05) is 53.2 Å². The van der Waals surface area contributed by atoms with Crippen LogP contribution in [0.5, 0.6) is 0 Å². The molecule has 0 N–H and O–H groups in total. The van der Waals surface area contributed by atoms with Crippen LogP contribution in [-0.4, -0.2) is 19.9 Å². The summed E-state index contributed by atoms with van der Waals surface area (Å²) in [6.07, 6.45) is 0. The van der Waals surface area contributed by atoms with Crippen molar-refractivity contribution >= 4 is 64.0 Å². The Balaban J connectivity index is 1.22. The fourth-order valence-corrected chi connectivity index (χ4v) is 8.14. The number of aromatic nitrogens is 4. The number of thiophene rings is 1. The van der Waals surface area contributed by atoms with E-state index in [2.05, 4.69) is 97.1 Å². The number of pyridine rings is 1. The number of hydrogen-bond acceptors (Lipinski definition) is 5. The molecule has 3 heterocycles. The first-order valence-corrected chi connectivity index (χ1v) is 17.1. The van der Waals surface area contributed by atoms with Gasteiger partial charge in [0.2, 0.25) is 0 Å². The monoisotopic (exact) mass is 642 g/mol. The van der Waals surface area contributed by atoms with Crippen molar-refractivity contribution in [2.75, 3.05) is 0 Å². The Morgan fingerprint density at radius 3 is 1.55 bits per heavy atom. The Bertz CT molecular complexity index is 2820. The van der Waals surface area contributed by atoms with Gasteiger partial charge in [0.15, 0.2) is 17.5 Å². The largest absolute Gasteiger partial charge is 0.247 e. The van der Waals surface area contributed by atoms with Gasteiger partial charge >= 0.3 is 0 Å². The van der Waals surface area contributed by atoms with Gasteiger partial charge in [0.05, 0.1) is 11.2 Å². The van der Waals surface area contributed by atoms with Gasteiger partial charge < -0.3 is 0 Å². The van der Waals surface area contributed by atoms with Crippen molar-refractivity contribution in [3.05, 3.63) is 158 Å². The fraction of sp³-hybridized carbons (Fsp3) is 0. The first-order valence-electron chi connectivity index (χ1n) is 16.3. The van der Waals surface area contributed by atoms with Gasteiger partial charge in [0.25, 0.3) is 0 Å². The summed E-state index contributed by atoms with van der Waals surface area (Å²) in [5.41, 5.74) is 5.89. The van der Waals surface area contributed by atoms with Crippen molar-refractivity contribution in [3.8, 4) is 45.4 Å². The lowest BCUT2D eigenvalue weighted by atomic mass is 9.93. The molecular formula is C44H26N4S. The maximum absolute atomic E-state index is 5.43. The van der Waals surface area contributed by atoms with E-state index in [1.54, 1.807) is 0 Å². The third kappa shape index (κ3) is 4.59. The molecule has 0 fully saturated rings. The van der Waals surface area contributed by atoms with Crippen LogP contribution in [0.15, 0.2) is 158 Å². The SMILES string of the molecule is c1ccc(-c2nc(-c3ccccc3)nc(-c3ccc(-c4nc5cc6c(cc5c5ccccc45)sc4ccccc46)c4ccccc34)n2)cc1. The molecule has 10 aromatic rings. The Morgan fingerprint density at radius 2 is 0.857 bits per heavy atom.